The van der Waals surface area contributed by atoms with Gasteiger partial charge < -0.3 is 9.80 Å². The minimum absolute atomic E-state index is 0.149. The Morgan fingerprint density at radius 3 is 2.52 bits per heavy atom. The second-order valence-corrected chi connectivity index (χ2v) is 8.29. The monoisotopic (exact) mass is 369 g/mol. The molecule has 0 N–H and O–H groups in total. The molecule has 0 spiro atoms. The van der Waals surface area contributed by atoms with E-state index in [1.54, 1.807) is 6.07 Å². The van der Waals surface area contributed by atoms with E-state index in [0.717, 1.165) is 58.2 Å². The molecule has 1 amide bonds. The van der Waals surface area contributed by atoms with Crippen LogP contribution >= 0.6 is 0 Å². The number of hydrogen-bond donors (Lipinski definition) is 0. The van der Waals surface area contributed by atoms with Gasteiger partial charge in [0.25, 0.3) is 0 Å². The van der Waals surface area contributed by atoms with Gasteiger partial charge in [0.15, 0.2) is 0 Å². The average molecular weight is 369 g/mol. The molecule has 1 aromatic carbocycles. The van der Waals surface area contributed by atoms with E-state index >= 15 is 0 Å². The summed E-state index contributed by atoms with van der Waals surface area (Å²) in [5, 5.41) is 9.31. The lowest BCUT2D eigenvalue weighted by Crippen LogP contribution is -2.48. The third-order valence-electron chi connectivity index (χ3n) is 6.54. The van der Waals surface area contributed by atoms with E-state index in [0.29, 0.717) is 23.6 Å². The van der Waals surface area contributed by atoms with Crippen molar-refractivity contribution < 1.29 is 9.18 Å². The van der Waals surface area contributed by atoms with Crippen molar-refractivity contribution in [1.29, 1.82) is 5.26 Å². The fourth-order valence-electron chi connectivity index (χ4n) is 4.87. The van der Waals surface area contributed by atoms with E-state index in [1.807, 2.05) is 12.1 Å². The van der Waals surface area contributed by atoms with E-state index in [1.165, 1.54) is 18.9 Å². The topological polar surface area (TPSA) is 47.3 Å². The van der Waals surface area contributed by atoms with E-state index in [-0.39, 0.29) is 11.5 Å². The third kappa shape index (κ3) is 3.81. The molecule has 1 atom stereocenters. The van der Waals surface area contributed by atoms with Gasteiger partial charge in [-0.3, -0.25) is 4.79 Å². The van der Waals surface area contributed by atoms with Crippen LogP contribution in [0.4, 0.5) is 10.1 Å². The lowest BCUT2D eigenvalue weighted by Gasteiger charge is -2.41. The maximum atomic E-state index is 13.9. The van der Waals surface area contributed by atoms with Crippen LogP contribution in [0, 0.1) is 29.0 Å². The highest BCUT2D eigenvalue weighted by Crippen LogP contribution is 2.37. The SMILES string of the molecule is N#Cc1c(F)cccc1N1CCC(C2CCCCCN2C(=O)C2CC2)CC1. The Labute approximate surface area is 160 Å². The van der Waals surface area contributed by atoms with Crippen LogP contribution in [0.5, 0.6) is 0 Å². The summed E-state index contributed by atoms with van der Waals surface area (Å²) in [6.07, 6.45) is 8.81. The van der Waals surface area contributed by atoms with E-state index in [9.17, 15) is 14.4 Å². The minimum Gasteiger partial charge on any atom is -0.370 e. The molecule has 144 valence electrons. The molecule has 1 saturated carbocycles. The predicted molar refractivity (Wildman–Crippen MR) is 103 cm³/mol. The second-order valence-electron chi connectivity index (χ2n) is 8.29. The highest BCUT2D eigenvalue weighted by atomic mass is 19.1. The largest absolute Gasteiger partial charge is 0.370 e. The summed E-state index contributed by atoms with van der Waals surface area (Å²) in [5.74, 6) is 0.751. The van der Waals surface area contributed by atoms with E-state index < -0.39 is 5.82 Å². The normalized spacial score (nSPS) is 24.4. The molecule has 3 aliphatic rings. The van der Waals surface area contributed by atoms with Crippen molar-refractivity contribution in [2.45, 2.75) is 57.4 Å². The number of halogens is 1. The number of amides is 1. The highest BCUT2D eigenvalue weighted by molar-refractivity contribution is 5.81. The van der Waals surface area contributed by atoms with Crippen LogP contribution in [-0.4, -0.2) is 36.5 Å². The van der Waals surface area contributed by atoms with Gasteiger partial charge in [-0.05, 0) is 56.6 Å². The Hall–Kier alpha value is -2.09. The first-order valence-corrected chi connectivity index (χ1v) is 10.4. The number of likely N-dealkylation sites (tertiary alicyclic amines) is 1. The maximum Gasteiger partial charge on any atom is 0.225 e. The van der Waals surface area contributed by atoms with Gasteiger partial charge in [-0.2, -0.15) is 5.26 Å². The van der Waals surface area contributed by atoms with Crippen LogP contribution < -0.4 is 4.90 Å². The maximum absolute atomic E-state index is 13.9. The summed E-state index contributed by atoms with van der Waals surface area (Å²) in [5.41, 5.74) is 0.860. The summed E-state index contributed by atoms with van der Waals surface area (Å²) in [6.45, 7) is 2.57. The van der Waals surface area contributed by atoms with E-state index in [4.69, 9.17) is 0 Å². The van der Waals surface area contributed by atoms with Gasteiger partial charge >= 0.3 is 0 Å². The van der Waals surface area contributed by atoms with Crippen molar-refractivity contribution in [2.75, 3.05) is 24.5 Å². The lowest BCUT2D eigenvalue weighted by molar-refractivity contribution is -0.136. The van der Waals surface area contributed by atoms with Gasteiger partial charge in [0.05, 0.1) is 5.69 Å². The first kappa shape index (κ1) is 18.3. The van der Waals surface area contributed by atoms with Gasteiger partial charge in [0.2, 0.25) is 5.91 Å². The number of hydrogen-bond acceptors (Lipinski definition) is 3. The molecule has 2 saturated heterocycles. The molecule has 2 heterocycles. The zero-order valence-electron chi connectivity index (χ0n) is 15.9. The first-order valence-electron chi connectivity index (χ1n) is 10.4. The smallest absolute Gasteiger partial charge is 0.225 e. The first-order chi connectivity index (χ1) is 13.2. The molecular formula is C22H28FN3O. The van der Waals surface area contributed by atoms with Crippen LogP contribution in [0.15, 0.2) is 18.2 Å². The number of carbonyl (C=O) groups excluding carboxylic acids is 1. The number of nitriles is 1. The highest BCUT2D eigenvalue weighted by Gasteiger charge is 2.39. The third-order valence-corrected chi connectivity index (χ3v) is 6.54. The van der Waals surface area contributed by atoms with E-state index in [2.05, 4.69) is 9.80 Å². The number of rotatable bonds is 3. The Bertz CT molecular complexity index is 732. The molecule has 1 aliphatic carbocycles. The van der Waals surface area contributed by atoms with Crippen LogP contribution in [-0.2, 0) is 4.79 Å². The van der Waals surface area contributed by atoms with Crippen LogP contribution in [0.25, 0.3) is 0 Å². The molecule has 0 aromatic heterocycles. The molecule has 1 aromatic rings. The molecule has 0 radical (unpaired) electrons. The van der Waals surface area contributed by atoms with Crippen LogP contribution in [0.2, 0.25) is 0 Å². The fraction of sp³-hybridized carbons (Fsp3) is 0.636. The number of piperidine rings is 1. The van der Waals surface area contributed by atoms with Gasteiger partial charge in [-0.15, -0.1) is 0 Å². The molecule has 3 fully saturated rings. The Kier molecular flexibility index (Phi) is 5.33. The van der Waals surface area contributed by atoms with Crippen LogP contribution in [0.1, 0.15) is 56.9 Å². The zero-order chi connectivity index (χ0) is 18.8. The quantitative estimate of drug-likeness (QED) is 0.806. The van der Waals surface area contributed by atoms with Crippen molar-refractivity contribution in [3.05, 3.63) is 29.6 Å². The molecular weight excluding hydrogens is 341 g/mol. The molecule has 4 nitrogen and oxygen atoms in total. The standard InChI is InChI=1S/C22H28FN3O/c23-19-5-4-7-21(18(19)15-24)25-13-10-16(11-14-25)20-6-2-1-3-12-26(20)22(27)17-8-9-17/h4-5,7,16-17,20H,1-3,6,8-14H2. The van der Waals surface area contributed by atoms with Crippen molar-refractivity contribution in [3.8, 4) is 6.07 Å². The van der Waals surface area contributed by atoms with Gasteiger partial charge in [0, 0.05) is 31.6 Å². The Morgan fingerprint density at radius 1 is 1.04 bits per heavy atom. The molecule has 1 unspecified atom stereocenters. The van der Waals surface area contributed by atoms with Crippen molar-refractivity contribution in [3.63, 3.8) is 0 Å². The van der Waals surface area contributed by atoms with Gasteiger partial charge in [-0.25, -0.2) is 4.39 Å². The number of nitrogens with zero attached hydrogens (tertiary/aromatic N) is 3. The number of benzene rings is 1. The minimum atomic E-state index is -0.443. The lowest BCUT2D eigenvalue weighted by atomic mass is 9.85. The fourth-order valence-corrected chi connectivity index (χ4v) is 4.87. The molecule has 0 bridgehead atoms. The molecule has 4 rings (SSSR count). The summed E-state index contributed by atoms with van der Waals surface area (Å²) in [4.78, 5) is 17.2. The second kappa shape index (κ2) is 7.88. The molecule has 2 aliphatic heterocycles. The predicted octanol–water partition coefficient (Wildman–Crippen LogP) is 4.09. The zero-order valence-corrected chi connectivity index (χ0v) is 15.9. The van der Waals surface area contributed by atoms with Crippen molar-refractivity contribution in [2.24, 2.45) is 11.8 Å². The van der Waals surface area contributed by atoms with Gasteiger partial charge in [0.1, 0.15) is 17.4 Å². The number of anilines is 1. The summed E-state index contributed by atoms with van der Waals surface area (Å²) >= 11 is 0. The molecule has 5 heteroatoms. The summed E-state index contributed by atoms with van der Waals surface area (Å²) in [7, 11) is 0. The summed E-state index contributed by atoms with van der Waals surface area (Å²) in [6, 6.07) is 7.25. The summed E-state index contributed by atoms with van der Waals surface area (Å²) < 4.78 is 13.9. The van der Waals surface area contributed by atoms with Crippen molar-refractivity contribution >= 4 is 11.6 Å². The average Bonchev–Trinajstić information content (AvgIpc) is 3.54. The number of carbonyl (C=O) groups is 1. The van der Waals surface area contributed by atoms with Crippen molar-refractivity contribution in [1.82, 2.24) is 4.90 Å². The van der Waals surface area contributed by atoms with Crippen LogP contribution in [0.3, 0.4) is 0 Å². The Morgan fingerprint density at radius 2 is 1.81 bits per heavy atom. The van der Waals surface area contributed by atoms with Gasteiger partial charge in [-0.1, -0.05) is 18.9 Å². The Balaban J connectivity index is 1.45. The molecule has 27 heavy (non-hydrogen) atoms.